The van der Waals surface area contributed by atoms with E-state index < -0.39 is 12.3 Å². The third-order valence-electron chi connectivity index (χ3n) is 6.45. The van der Waals surface area contributed by atoms with Crippen molar-refractivity contribution in [2.45, 2.75) is 65.3 Å². The number of hydrogen-bond donors (Lipinski definition) is 2. The van der Waals surface area contributed by atoms with Crippen molar-refractivity contribution in [2.75, 3.05) is 5.32 Å². The topological polar surface area (TPSA) is 76.4 Å². The number of fused-ring (bicyclic) bond motifs is 1. The van der Waals surface area contributed by atoms with Gasteiger partial charge in [-0.2, -0.15) is 0 Å². The third-order valence-corrected chi connectivity index (χ3v) is 6.45. The van der Waals surface area contributed by atoms with Gasteiger partial charge in [-0.05, 0) is 79.0 Å². The first-order chi connectivity index (χ1) is 16.4. The number of imidazole rings is 1. The molecule has 0 bridgehead atoms. The smallest absolute Gasteiger partial charge is 0.481 e. The predicted molar refractivity (Wildman–Crippen MR) is 128 cm³/mol. The van der Waals surface area contributed by atoms with E-state index in [0.29, 0.717) is 24.0 Å². The van der Waals surface area contributed by atoms with Crippen LogP contribution in [0.25, 0.3) is 11.0 Å². The highest BCUT2D eigenvalue weighted by Gasteiger charge is 2.35. The lowest BCUT2D eigenvalue weighted by Gasteiger charge is -2.40. The largest absolute Gasteiger partial charge is 0.573 e. The van der Waals surface area contributed by atoms with Crippen molar-refractivity contribution in [1.82, 2.24) is 9.55 Å². The van der Waals surface area contributed by atoms with Crippen LogP contribution in [0.15, 0.2) is 42.5 Å². The highest BCUT2D eigenvalue weighted by Crippen LogP contribution is 2.46. The molecule has 3 aromatic rings. The fraction of sp³-hybridized carbons (Fsp3) is 0.462. The van der Waals surface area contributed by atoms with Gasteiger partial charge >= 0.3 is 12.3 Å². The van der Waals surface area contributed by atoms with Crippen molar-refractivity contribution in [1.29, 1.82) is 0 Å². The van der Waals surface area contributed by atoms with E-state index in [0.717, 1.165) is 35.9 Å². The molecule has 2 aromatic carbocycles. The molecule has 2 N–H and O–H groups in total. The molecule has 2 atom stereocenters. The number of hydrogen-bond acceptors (Lipinski definition) is 4. The van der Waals surface area contributed by atoms with Gasteiger partial charge in [-0.15, -0.1) is 13.2 Å². The summed E-state index contributed by atoms with van der Waals surface area (Å²) in [6.45, 7) is 6.79. The van der Waals surface area contributed by atoms with Crippen LogP contribution in [-0.4, -0.2) is 27.0 Å². The van der Waals surface area contributed by atoms with Crippen LogP contribution in [-0.2, 0) is 11.2 Å². The number of aliphatic carboxylic acids is 1. The molecule has 1 aromatic heterocycles. The first kappa shape index (κ1) is 24.9. The fourth-order valence-corrected chi connectivity index (χ4v) is 5.37. The number of ether oxygens (including phenoxy) is 1. The molecule has 0 spiro atoms. The van der Waals surface area contributed by atoms with E-state index in [4.69, 9.17) is 10.1 Å². The second-order valence-electron chi connectivity index (χ2n) is 10.3. The lowest BCUT2D eigenvalue weighted by Crippen LogP contribution is -2.29. The van der Waals surface area contributed by atoms with E-state index in [-0.39, 0.29) is 23.6 Å². The first-order valence-corrected chi connectivity index (χ1v) is 11.7. The normalized spacial score (nSPS) is 20.1. The summed E-state index contributed by atoms with van der Waals surface area (Å²) < 4.78 is 43.7. The zero-order valence-electron chi connectivity index (χ0n) is 20.0. The highest BCUT2D eigenvalue weighted by molar-refractivity contribution is 5.81. The zero-order chi connectivity index (χ0) is 25.4. The Morgan fingerprint density at radius 1 is 1.20 bits per heavy atom. The molecule has 4 rings (SSSR count). The van der Waals surface area contributed by atoms with Gasteiger partial charge in [0.25, 0.3) is 0 Å². The summed E-state index contributed by atoms with van der Waals surface area (Å²) in [6, 6.07) is 11.6. The molecular formula is C26H30F3N3O3. The first-order valence-electron chi connectivity index (χ1n) is 11.7. The molecule has 0 amide bonds. The van der Waals surface area contributed by atoms with Gasteiger partial charge in [0.05, 0.1) is 11.0 Å². The van der Waals surface area contributed by atoms with Crippen molar-refractivity contribution in [3.05, 3.63) is 48.0 Å². The number of halogens is 3. The van der Waals surface area contributed by atoms with Crippen LogP contribution >= 0.6 is 0 Å². The van der Waals surface area contributed by atoms with Crippen molar-refractivity contribution in [3.8, 4) is 5.75 Å². The molecule has 0 radical (unpaired) electrons. The monoisotopic (exact) mass is 489 g/mol. The van der Waals surface area contributed by atoms with Gasteiger partial charge in [0, 0.05) is 18.2 Å². The Kier molecular flexibility index (Phi) is 6.71. The van der Waals surface area contributed by atoms with Crippen LogP contribution in [0, 0.1) is 11.3 Å². The Morgan fingerprint density at radius 2 is 1.91 bits per heavy atom. The molecule has 0 saturated heterocycles. The third kappa shape index (κ3) is 6.26. The molecule has 1 fully saturated rings. The van der Waals surface area contributed by atoms with E-state index in [2.05, 4.69) is 35.4 Å². The summed E-state index contributed by atoms with van der Waals surface area (Å²) in [5.74, 6) is -0.00528. The van der Waals surface area contributed by atoms with E-state index >= 15 is 0 Å². The number of carboxylic acid groups (broad SMARTS) is 1. The molecule has 1 aliphatic carbocycles. The number of nitrogens with zero attached hydrogens (tertiary/aromatic N) is 2. The Labute approximate surface area is 202 Å². The summed E-state index contributed by atoms with van der Waals surface area (Å²) in [7, 11) is 0. The number of anilines is 2. The van der Waals surface area contributed by atoms with Crippen molar-refractivity contribution < 1.29 is 27.8 Å². The van der Waals surface area contributed by atoms with Crippen molar-refractivity contribution >= 4 is 28.6 Å². The fourth-order valence-electron chi connectivity index (χ4n) is 5.37. The Morgan fingerprint density at radius 3 is 2.54 bits per heavy atom. The van der Waals surface area contributed by atoms with Crippen molar-refractivity contribution in [3.63, 3.8) is 0 Å². The summed E-state index contributed by atoms with van der Waals surface area (Å²) >= 11 is 0. The summed E-state index contributed by atoms with van der Waals surface area (Å²) in [4.78, 5) is 15.8. The molecule has 1 saturated carbocycles. The molecule has 188 valence electrons. The second-order valence-corrected chi connectivity index (χ2v) is 10.3. The predicted octanol–water partition coefficient (Wildman–Crippen LogP) is 7.08. The number of aromatic nitrogens is 2. The second kappa shape index (κ2) is 9.43. The summed E-state index contributed by atoms with van der Waals surface area (Å²) in [5.41, 5.74) is 3.34. The molecule has 1 heterocycles. The van der Waals surface area contributed by atoms with E-state index in [9.17, 15) is 18.0 Å². The van der Waals surface area contributed by atoms with Gasteiger partial charge in [0.15, 0.2) is 0 Å². The summed E-state index contributed by atoms with van der Waals surface area (Å²) in [5, 5.41) is 12.3. The maximum atomic E-state index is 12.5. The van der Waals surface area contributed by atoms with Gasteiger partial charge in [-0.1, -0.05) is 26.8 Å². The number of alkyl halides is 3. The van der Waals surface area contributed by atoms with Gasteiger partial charge in [0.2, 0.25) is 5.95 Å². The lowest BCUT2D eigenvalue weighted by atomic mass is 9.70. The molecule has 9 heteroatoms. The number of nitrogens with one attached hydrogen (secondary N) is 1. The van der Waals surface area contributed by atoms with Crippen LogP contribution in [0.4, 0.5) is 24.8 Å². The molecular weight excluding hydrogens is 459 g/mol. The van der Waals surface area contributed by atoms with Gasteiger partial charge in [-0.25, -0.2) is 4.98 Å². The average Bonchev–Trinajstić information content (AvgIpc) is 3.08. The molecule has 35 heavy (non-hydrogen) atoms. The molecule has 6 nitrogen and oxygen atoms in total. The maximum Gasteiger partial charge on any atom is 0.573 e. The average molecular weight is 490 g/mol. The van der Waals surface area contributed by atoms with Crippen LogP contribution in [0.5, 0.6) is 5.75 Å². The van der Waals surface area contributed by atoms with Crippen LogP contribution in [0.3, 0.4) is 0 Å². The SMILES string of the molecule is C[C@H]1CC(n2c(Nc3ccc(OC(F)(F)F)cc3)nc3cc(CCC(=O)O)ccc32)CC(C)(C)C1. The van der Waals surface area contributed by atoms with E-state index in [1.807, 2.05) is 18.2 Å². The Bertz CT molecular complexity index is 1200. The Balaban J connectivity index is 1.70. The number of rotatable bonds is 7. The molecule has 0 aliphatic heterocycles. The van der Waals surface area contributed by atoms with E-state index in [1.54, 1.807) is 0 Å². The maximum absolute atomic E-state index is 12.5. The lowest BCUT2D eigenvalue weighted by molar-refractivity contribution is -0.274. The number of benzene rings is 2. The number of aryl methyl sites for hydroxylation is 1. The van der Waals surface area contributed by atoms with Gasteiger partial charge in [-0.3, -0.25) is 4.79 Å². The van der Waals surface area contributed by atoms with Gasteiger partial charge < -0.3 is 19.7 Å². The van der Waals surface area contributed by atoms with Crippen LogP contribution in [0.2, 0.25) is 0 Å². The minimum absolute atomic E-state index is 0.0397. The zero-order valence-corrected chi connectivity index (χ0v) is 20.0. The summed E-state index contributed by atoms with van der Waals surface area (Å²) in [6.07, 6.45) is -1.20. The minimum Gasteiger partial charge on any atom is -0.481 e. The quantitative estimate of drug-likeness (QED) is 0.371. The minimum atomic E-state index is -4.74. The Hall–Kier alpha value is -3.23. The van der Waals surface area contributed by atoms with Crippen LogP contribution in [0.1, 0.15) is 58.1 Å². The highest BCUT2D eigenvalue weighted by atomic mass is 19.4. The number of carbonyl (C=O) groups is 1. The molecule has 1 aliphatic rings. The standard InChI is InChI=1S/C26H30F3N3O3/c1-16-12-19(15-25(2,3)14-16)32-22-10-4-17(5-11-23(33)34)13-21(22)31-24(32)30-18-6-8-20(9-7-18)35-26(27,28)29/h4,6-10,13,16,19H,5,11-12,14-15H2,1-3H3,(H,30,31)(H,33,34)/t16-,19?/m0/s1. The van der Waals surface area contributed by atoms with Gasteiger partial charge in [0.1, 0.15) is 5.75 Å². The van der Waals surface area contributed by atoms with Crippen LogP contribution < -0.4 is 10.1 Å². The number of carboxylic acids is 1. The van der Waals surface area contributed by atoms with Crippen molar-refractivity contribution in [2.24, 2.45) is 11.3 Å². The van der Waals surface area contributed by atoms with E-state index in [1.165, 1.54) is 24.3 Å². The molecule has 1 unspecified atom stereocenters.